The van der Waals surface area contributed by atoms with Crippen LogP contribution < -0.4 is 11.1 Å². The summed E-state index contributed by atoms with van der Waals surface area (Å²) in [6.45, 7) is 5.20. The summed E-state index contributed by atoms with van der Waals surface area (Å²) in [5.41, 5.74) is 6.52. The first-order valence-electron chi connectivity index (χ1n) is 6.40. The van der Waals surface area contributed by atoms with Crippen LogP contribution >= 0.6 is 0 Å². The standard InChI is InChI=1S/C13H20N4O/c1-10(9-17-6-2-3-7-17)16-13(18)12-5-4-11(14)8-15-12/h4-5,8,10H,2-3,6-7,9,14H2,1H3,(H,16,18). The lowest BCUT2D eigenvalue weighted by Gasteiger charge is -2.20. The molecule has 0 radical (unpaired) electrons. The fourth-order valence-corrected chi connectivity index (χ4v) is 2.24. The van der Waals surface area contributed by atoms with E-state index in [9.17, 15) is 4.79 Å². The molecule has 0 aromatic carbocycles. The summed E-state index contributed by atoms with van der Waals surface area (Å²) < 4.78 is 0. The molecule has 1 unspecified atom stereocenters. The van der Waals surface area contributed by atoms with Gasteiger partial charge in [-0.1, -0.05) is 0 Å². The second kappa shape index (κ2) is 5.82. The van der Waals surface area contributed by atoms with Gasteiger partial charge in [0.2, 0.25) is 0 Å². The molecule has 1 aromatic rings. The lowest BCUT2D eigenvalue weighted by Crippen LogP contribution is -2.41. The molecule has 0 bridgehead atoms. The van der Waals surface area contributed by atoms with Crippen LogP contribution in [-0.4, -0.2) is 41.5 Å². The molecule has 1 aliphatic rings. The van der Waals surface area contributed by atoms with Crippen LogP contribution in [0.15, 0.2) is 18.3 Å². The Hall–Kier alpha value is -1.62. The summed E-state index contributed by atoms with van der Waals surface area (Å²) in [5, 5.41) is 2.96. The number of nitrogens with zero attached hydrogens (tertiary/aromatic N) is 2. The topological polar surface area (TPSA) is 71.2 Å². The highest BCUT2D eigenvalue weighted by Gasteiger charge is 2.16. The van der Waals surface area contributed by atoms with E-state index in [1.165, 1.54) is 19.0 Å². The predicted octanol–water partition coefficient (Wildman–Crippen LogP) is 0.878. The molecule has 3 N–H and O–H groups in total. The molecule has 2 heterocycles. The smallest absolute Gasteiger partial charge is 0.270 e. The molecule has 0 saturated carbocycles. The summed E-state index contributed by atoms with van der Waals surface area (Å²) in [6, 6.07) is 3.47. The van der Waals surface area contributed by atoms with Gasteiger partial charge in [-0.25, -0.2) is 4.98 Å². The third-order valence-electron chi connectivity index (χ3n) is 3.13. The summed E-state index contributed by atoms with van der Waals surface area (Å²) in [6.07, 6.45) is 4.03. The van der Waals surface area contributed by atoms with Crippen LogP contribution in [0.1, 0.15) is 30.3 Å². The number of carbonyl (C=O) groups excluding carboxylic acids is 1. The van der Waals surface area contributed by atoms with E-state index in [1.807, 2.05) is 6.92 Å². The zero-order chi connectivity index (χ0) is 13.0. The number of pyridine rings is 1. The van der Waals surface area contributed by atoms with Gasteiger partial charge in [0.05, 0.1) is 11.9 Å². The van der Waals surface area contributed by atoms with Gasteiger partial charge in [-0.3, -0.25) is 4.79 Å². The Balaban J connectivity index is 1.84. The fourth-order valence-electron chi connectivity index (χ4n) is 2.24. The van der Waals surface area contributed by atoms with Crippen molar-refractivity contribution in [3.63, 3.8) is 0 Å². The molecule has 2 rings (SSSR count). The van der Waals surface area contributed by atoms with Crippen LogP contribution in [0, 0.1) is 0 Å². The Morgan fingerprint density at radius 3 is 2.83 bits per heavy atom. The van der Waals surface area contributed by atoms with Crippen LogP contribution in [0.5, 0.6) is 0 Å². The molecule has 1 aliphatic heterocycles. The zero-order valence-corrected chi connectivity index (χ0v) is 10.7. The van der Waals surface area contributed by atoms with E-state index in [2.05, 4.69) is 15.2 Å². The molecule has 1 saturated heterocycles. The van der Waals surface area contributed by atoms with Gasteiger partial charge < -0.3 is 16.0 Å². The van der Waals surface area contributed by atoms with Crippen LogP contribution in [0.2, 0.25) is 0 Å². The van der Waals surface area contributed by atoms with Crippen molar-refractivity contribution in [1.29, 1.82) is 0 Å². The van der Waals surface area contributed by atoms with Gasteiger partial charge in [-0.2, -0.15) is 0 Å². The second-order valence-electron chi connectivity index (χ2n) is 4.86. The summed E-state index contributed by atoms with van der Waals surface area (Å²) >= 11 is 0. The highest BCUT2D eigenvalue weighted by Crippen LogP contribution is 2.08. The van der Waals surface area contributed by atoms with Crippen LogP contribution in [0.4, 0.5) is 5.69 Å². The molecular weight excluding hydrogens is 228 g/mol. The molecule has 1 aromatic heterocycles. The average molecular weight is 248 g/mol. The second-order valence-corrected chi connectivity index (χ2v) is 4.86. The van der Waals surface area contributed by atoms with Crippen LogP contribution in [-0.2, 0) is 0 Å². The van der Waals surface area contributed by atoms with E-state index < -0.39 is 0 Å². The SMILES string of the molecule is CC(CN1CCCC1)NC(=O)c1ccc(N)cn1. The maximum atomic E-state index is 11.9. The number of nitrogens with two attached hydrogens (primary N) is 1. The highest BCUT2D eigenvalue weighted by atomic mass is 16.1. The number of amides is 1. The third kappa shape index (κ3) is 3.43. The Labute approximate surface area is 107 Å². The highest BCUT2D eigenvalue weighted by molar-refractivity contribution is 5.92. The number of aromatic nitrogens is 1. The quantitative estimate of drug-likeness (QED) is 0.829. The minimum absolute atomic E-state index is 0.134. The Morgan fingerprint density at radius 2 is 2.22 bits per heavy atom. The summed E-state index contributed by atoms with van der Waals surface area (Å²) in [7, 11) is 0. The van der Waals surface area contributed by atoms with Gasteiger partial charge in [0.15, 0.2) is 0 Å². The lowest BCUT2D eigenvalue weighted by atomic mass is 10.2. The number of nitrogens with one attached hydrogen (secondary N) is 1. The van der Waals surface area contributed by atoms with Crippen LogP contribution in [0.3, 0.4) is 0 Å². The molecule has 1 amide bonds. The fraction of sp³-hybridized carbons (Fsp3) is 0.538. The number of nitrogen functional groups attached to an aromatic ring is 1. The van der Waals surface area contributed by atoms with Crippen molar-refractivity contribution >= 4 is 11.6 Å². The van der Waals surface area contributed by atoms with Crippen molar-refractivity contribution in [3.05, 3.63) is 24.0 Å². The number of anilines is 1. The van der Waals surface area contributed by atoms with Crippen molar-refractivity contribution in [3.8, 4) is 0 Å². The van der Waals surface area contributed by atoms with Crippen molar-refractivity contribution in [2.75, 3.05) is 25.4 Å². The summed E-state index contributed by atoms with van der Waals surface area (Å²) in [5.74, 6) is -0.137. The number of hydrogen-bond donors (Lipinski definition) is 2. The van der Waals surface area contributed by atoms with Gasteiger partial charge in [0, 0.05) is 12.6 Å². The van der Waals surface area contributed by atoms with E-state index in [0.717, 1.165) is 19.6 Å². The third-order valence-corrected chi connectivity index (χ3v) is 3.13. The zero-order valence-electron chi connectivity index (χ0n) is 10.7. The number of hydrogen-bond acceptors (Lipinski definition) is 4. The van der Waals surface area contributed by atoms with E-state index in [4.69, 9.17) is 5.73 Å². The van der Waals surface area contributed by atoms with E-state index in [-0.39, 0.29) is 11.9 Å². The first kappa shape index (κ1) is 12.8. The van der Waals surface area contributed by atoms with E-state index in [1.54, 1.807) is 12.1 Å². The molecule has 98 valence electrons. The van der Waals surface area contributed by atoms with Crippen molar-refractivity contribution in [1.82, 2.24) is 15.2 Å². The number of likely N-dealkylation sites (tertiary alicyclic amines) is 1. The van der Waals surface area contributed by atoms with Crippen molar-refractivity contribution in [2.45, 2.75) is 25.8 Å². The Bertz CT molecular complexity index is 398. The maximum Gasteiger partial charge on any atom is 0.270 e. The largest absolute Gasteiger partial charge is 0.397 e. The molecule has 0 aliphatic carbocycles. The predicted molar refractivity (Wildman–Crippen MR) is 71.3 cm³/mol. The van der Waals surface area contributed by atoms with Gasteiger partial charge in [-0.15, -0.1) is 0 Å². The van der Waals surface area contributed by atoms with Crippen LogP contribution in [0.25, 0.3) is 0 Å². The molecule has 1 atom stereocenters. The molecule has 5 nitrogen and oxygen atoms in total. The number of rotatable bonds is 4. The molecule has 5 heteroatoms. The average Bonchev–Trinajstić information content (AvgIpc) is 2.82. The molecule has 1 fully saturated rings. The number of carbonyl (C=O) groups is 1. The normalized spacial score (nSPS) is 17.6. The monoisotopic (exact) mass is 248 g/mol. The lowest BCUT2D eigenvalue weighted by molar-refractivity contribution is 0.0927. The first-order valence-corrected chi connectivity index (χ1v) is 6.40. The molecular formula is C13H20N4O. The molecule has 18 heavy (non-hydrogen) atoms. The van der Waals surface area contributed by atoms with Crippen molar-refractivity contribution in [2.24, 2.45) is 0 Å². The first-order chi connectivity index (χ1) is 8.65. The Kier molecular flexibility index (Phi) is 4.15. The minimum atomic E-state index is -0.137. The molecule has 0 spiro atoms. The maximum absolute atomic E-state index is 11.9. The van der Waals surface area contributed by atoms with E-state index in [0.29, 0.717) is 11.4 Å². The van der Waals surface area contributed by atoms with Crippen molar-refractivity contribution < 1.29 is 4.79 Å². The van der Waals surface area contributed by atoms with Gasteiger partial charge in [-0.05, 0) is 45.0 Å². The van der Waals surface area contributed by atoms with Gasteiger partial charge in [0.1, 0.15) is 5.69 Å². The Morgan fingerprint density at radius 1 is 1.50 bits per heavy atom. The minimum Gasteiger partial charge on any atom is -0.397 e. The summed E-state index contributed by atoms with van der Waals surface area (Å²) in [4.78, 5) is 18.3. The van der Waals surface area contributed by atoms with E-state index >= 15 is 0 Å². The van der Waals surface area contributed by atoms with Gasteiger partial charge >= 0.3 is 0 Å². The van der Waals surface area contributed by atoms with Gasteiger partial charge in [0.25, 0.3) is 5.91 Å².